The van der Waals surface area contributed by atoms with Gasteiger partial charge in [0, 0.05) is 33.9 Å². The number of esters is 2. The minimum absolute atomic E-state index is 0.122. The summed E-state index contributed by atoms with van der Waals surface area (Å²) in [5.74, 6) is -0.684. The standard InChI is InChI=1S/C24H16N2O4/c27-23(29-21-13-15-7-1-5-11-19(15)25-21)17-9-3-4-10-18(17)24(28)30-22-14-16-8-2-6-12-20(16)26-22/h1-14,25-26H. The first-order valence-electron chi connectivity index (χ1n) is 9.36. The van der Waals surface area contributed by atoms with Gasteiger partial charge in [0.05, 0.1) is 11.1 Å². The summed E-state index contributed by atoms with van der Waals surface area (Å²) in [7, 11) is 0. The predicted molar refractivity (Wildman–Crippen MR) is 113 cm³/mol. The largest absolute Gasteiger partial charge is 0.406 e. The Morgan fingerprint density at radius 3 is 1.40 bits per heavy atom. The number of aromatic amines is 2. The van der Waals surface area contributed by atoms with E-state index in [1.165, 1.54) is 12.1 Å². The number of para-hydroxylation sites is 2. The van der Waals surface area contributed by atoms with Crippen LogP contribution in [0.5, 0.6) is 11.8 Å². The van der Waals surface area contributed by atoms with Gasteiger partial charge < -0.3 is 19.4 Å². The molecule has 0 spiro atoms. The lowest BCUT2D eigenvalue weighted by Gasteiger charge is -2.07. The summed E-state index contributed by atoms with van der Waals surface area (Å²) in [4.78, 5) is 31.6. The SMILES string of the molecule is O=C(Oc1cc2ccccc2[nH]1)c1ccccc1C(=O)Oc1cc2ccccc2[nH]1. The fourth-order valence-corrected chi connectivity index (χ4v) is 3.35. The summed E-state index contributed by atoms with van der Waals surface area (Å²) in [6.07, 6.45) is 0. The van der Waals surface area contributed by atoms with Crippen LogP contribution >= 0.6 is 0 Å². The van der Waals surface area contributed by atoms with Gasteiger partial charge >= 0.3 is 11.9 Å². The quantitative estimate of drug-likeness (QED) is 0.415. The number of aromatic nitrogens is 2. The third-order valence-corrected chi connectivity index (χ3v) is 4.78. The number of H-pyrrole nitrogens is 2. The van der Waals surface area contributed by atoms with E-state index in [1.807, 2.05) is 48.5 Å². The number of carbonyl (C=O) groups excluding carboxylic acids is 2. The maximum Gasteiger partial charge on any atom is 0.345 e. The van der Waals surface area contributed by atoms with E-state index >= 15 is 0 Å². The Morgan fingerprint density at radius 2 is 0.967 bits per heavy atom. The monoisotopic (exact) mass is 396 g/mol. The minimum Gasteiger partial charge on any atom is -0.406 e. The number of nitrogens with one attached hydrogen (secondary N) is 2. The molecule has 30 heavy (non-hydrogen) atoms. The van der Waals surface area contributed by atoms with E-state index in [0.29, 0.717) is 11.8 Å². The lowest BCUT2D eigenvalue weighted by molar-refractivity contribution is 0.0685. The van der Waals surface area contributed by atoms with Crippen molar-refractivity contribution >= 4 is 33.7 Å². The molecule has 6 nitrogen and oxygen atoms in total. The molecule has 0 aliphatic heterocycles. The van der Waals surface area contributed by atoms with E-state index in [0.717, 1.165) is 21.8 Å². The van der Waals surface area contributed by atoms with Crippen molar-refractivity contribution in [3.63, 3.8) is 0 Å². The Kier molecular flexibility index (Phi) is 4.29. The second-order valence-electron chi connectivity index (χ2n) is 6.77. The fraction of sp³-hybridized carbons (Fsp3) is 0. The number of carbonyl (C=O) groups is 2. The zero-order valence-electron chi connectivity index (χ0n) is 15.7. The van der Waals surface area contributed by atoms with Crippen molar-refractivity contribution in [2.24, 2.45) is 0 Å². The molecule has 0 bridgehead atoms. The fourth-order valence-electron chi connectivity index (χ4n) is 3.35. The molecule has 2 N–H and O–H groups in total. The highest BCUT2D eigenvalue weighted by Crippen LogP contribution is 2.23. The van der Waals surface area contributed by atoms with E-state index in [1.54, 1.807) is 24.3 Å². The summed E-state index contributed by atoms with van der Waals surface area (Å²) in [5.41, 5.74) is 1.95. The molecule has 0 atom stereocenters. The first-order valence-corrected chi connectivity index (χ1v) is 9.36. The molecule has 0 saturated heterocycles. The van der Waals surface area contributed by atoms with Crippen molar-refractivity contribution in [3.05, 3.63) is 96.1 Å². The Hall–Kier alpha value is -4.32. The molecule has 0 radical (unpaired) electrons. The maximum atomic E-state index is 12.8. The summed E-state index contributed by atoms with van der Waals surface area (Å²) in [6.45, 7) is 0. The molecule has 3 aromatic carbocycles. The minimum atomic E-state index is -0.647. The van der Waals surface area contributed by atoms with Crippen LogP contribution in [0.1, 0.15) is 20.7 Å². The highest BCUT2D eigenvalue weighted by molar-refractivity contribution is 6.04. The summed E-state index contributed by atoms with van der Waals surface area (Å²) in [5, 5.41) is 1.85. The van der Waals surface area contributed by atoms with Gasteiger partial charge in [0.2, 0.25) is 11.8 Å². The second kappa shape index (κ2) is 7.25. The van der Waals surface area contributed by atoms with Crippen molar-refractivity contribution in [3.8, 4) is 11.8 Å². The van der Waals surface area contributed by atoms with E-state index in [4.69, 9.17) is 9.47 Å². The van der Waals surface area contributed by atoms with E-state index < -0.39 is 11.9 Å². The molecule has 0 aliphatic carbocycles. The molecule has 146 valence electrons. The topological polar surface area (TPSA) is 84.2 Å². The van der Waals surface area contributed by atoms with Gasteiger partial charge in [-0.3, -0.25) is 0 Å². The van der Waals surface area contributed by atoms with Crippen molar-refractivity contribution in [1.82, 2.24) is 9.97 Å². The van der Waals surface area contributed by atoms with Crippen LogP contribution in [0, 0.1) is 0 Å². The van der Waals surface area contributed by atoms with Crippen molar-refractivity contribution < 1.29 is 19.1 Å². The van der Waals surface area contributed by atoms with Gasteiger partial charge in [-0.15, -0.1) is 0 Å². The van der Waals surface area contributed by atoms with Crippen molar-refractivity contribution in [2.45, 2.75) is 0 Å². The van der Waals surface area contributed by atoms with Gasteiger partial charge in [0.15, 0.2) is 0 Å². The normalized spacial score (nSPS) is 10.9. The van der Waals surface area contributed by atoms with Gasteiger partial charge in [-0.25, -0.2) is 9.59 Å². The van der Waals surface area contributed by atoms with E-state index in [2.05, 4.69) is 9.97 Å². The average Bonchev–Trinajstić information content (AvgIpc) is 3.36. The Morgan fingerprint density at radius 1 is 0.567 bits per heavy atom. The number of fused-ring (bicyclic) bond motifs is 2. The smallest absolute Gasteiger partial charge is 0.345 e. The van der Waals surface area contributed by atoms with Crippen LogP contribution in [0.2, 0.25) is 0 Å². The third kappa shape index (κ3) is 3.31. The third-order valence-electron chi connectivity index (χ3n) is 4.78. The predicted octanol–water partition coefficient (Wildman–Crippen LogP) is 5.09. The number of hydrogen-bond donors (Lipinski definition) is 2. The average molecular weight is 396 g/mol. The highest BCUT2D eigenvalue weighted by atomic mass is 16.5. The molecule has 2 heterocycles. The lowest BCUT2D eigenvalue weighted by Crippen LogP contribution is -2.17. The first-order chi connectivity index (χ1) is 14.7. The zero-order chi connectivity index (χ0) is 20.5. The number of benzene rings is 3. The molecule has 6 heteroatoms. The van der Waals surface area contributed by atoms with Crippen molar-refractivity contribution in [1.29, 1.82) is 0 Å². The number of ether oxygens (including phenoxy) is 2. The first kappa shape index (κ1) is 17.8. The Bertz CT molecular complexity index is 1220. The molecule has 5 aromatic rings. The van der Waals surface area contributed by atoms with Crippen LogP contribution in [-0.2, 0) is 0 Å². The van der Waals surface area contributed by atoms with Crippen LogP contribution < -0.4 is 9.47 Å². The lowest BCUT2D eigenvalue weighted by atomic mass is 10.1. The van der Waals surface area contributed by atoms with Gasteiger partial charge in [-0.05, 0) is 24.3 Å². The molecule has 0 saturated carbocycles. The number of rotatable bonds is 4. The van der Waals surface area contributed by atoms with Crippen molar-refractivity contribution in [2.75, 3.05) is 0 Å². The molecule has 2 aromatic heterocycles. The molecule has 5 rings (SSSR count). The van der Waals surface area contributed by atoms with Crippen LogP contribution in [-0.4, -0.2) is 21.9 Å². The molecule has 0 amide bonds. The summed E-state index contributed by atoms with van der Waals surface area (Å²) < 4.78 is 10.9. The Labute approximate surface area is 171 Å². The summed E-state index contributed by atoms with van der Waals surface area (Å²) in [6, 6.07) is 25.0. The van der Waals surface area contributed by atoms with Gasteiger partial charge in [0.1, 0.15) is 0 Å². The van der Waals surface area contributed by atoms with E-state index in [-0.39, 0.29) is 11.1 Å². The molecule has 0 fully saturated rings. The van der Waals surface area contributed by atoms with E-state index in [9.17, 15) is 9.59 Å². The molecule has 0 aliphatic rings. The number of hydrogen-bond acceptors (Lipinski definition) is 4. The van der Waals surface area contributed by atoms with Gasteiger partial charge in [0.25, 0.3) is 0 Å². The van der Waals surface area contributed by atoms with Crippen LogP contribution in [0.15, 0.2) is 84.9 Å². The summed E-state index contributed by atoms with van der Waals surface area (Å²) >= 11 is 0. The van der Waals surface area contributed by atoms with Crippen LogP contribution in [0.4, 0.5) is 0 Å². The van der Waals surface area contributed by atoms with Crippen LogP contribution in [0.25, 0.3) is 21.8 Å². The second-order valence-corrected chi connectivity index (χ2v) is 6.77. The Balaban J connectivity index is 1.39. The maximum absolute atomic E-state index is 12.8. The highest BCUT2D eigenvalue weighted by Gasteiger charge is 2.21. The molecular weight excluding hydrogens is 380 g/mol. The van der Waals surface area contributed by atoms with Gasteiger partial charge in [-0.2, -0.15) is 0 Å². The van der Waals surface area contributed by atoms with Crippen LogP contribution in [0.3, 0.4) is 0 Å². The molecule has 0 unspecified atom stereocenters. The zero-order valence-corrected chi connectivity index (χ0v) is 15.7. The van der Waals surface area contributed by atoms with Gasteiger partial charge in [-0.1, -0.05) is 48.5 Å². The molecular formula is C24H16N2O4.